The topological polar surface area (TPSA) is 29.1 Å². The third-order valence-corrected chi connectivity index (χ3v) is 5.58. The van der Waals surface area contributed by atoms with Gasteiger partial charge in [-0.3, -0.25) is 4.79 Å². The van der Waals surface area contributed by atoms with Gasteiger partial charge < -0.3 is 5.32 Å². The van der Waals surface area contributed by atoms with Gasteiger partial charge in [0.05, 0.1) is 4.88 Å². The van der Waals surface area contributed by atoms with Crippen LogP contribution in [0.15, 0.2) is 30.3 Å². The summed E-state index contributed by atoms with van der Waals surface area (Å²) >= 11 is 7.49. The summed E-state index contributed by atoms with van der Waals surface area (Å²) in [6.07, 6.45) is 4.72. The molecule has 3 rings (SSSR count). The number of halogens is 1. The lowest BCUT2D eigenvalue weighted by atomic mass is 9.87. The fourth-order valence-corrected chi connectivity index (χ4v) is 4.02. The molecule has 0 bridgehead atoms. The van der Waals surface area contributed by atoms with E-state index in [1.165, 1.54) is 23.3 Å². The molecule has 21 heavy (non-hydrogen) atoms. The Labute approximate surface area is 134 Å². The van der Waals surface area contributed by atoms with E-state index in [0.717, 1.165) is 29.3 Å². The second kappa shape index (κ2) is 6.20. The predicted molar refractivity (Wildman–Crippen MR) is 89.5 cm³/mol. The van der Waals surface area contributed by atoms with Gasteiger partial charge in [0.25, 0.3) is 5.91 Å². The number of rotatable bonds is 3. The second-order valence-electron chi connectivity index (χ2n) is 5.54. The number of nitrogens with one attached hydrogen (secondary N) is 1. The minimum atomic E-state index is -0.0234. The Morgan fingerprint density at radius 2 is 2.14 bits per heavy atom. The molecule has 1 amide bonds. The summed E-state index contributed by atoms with van der Waals surface area (Å²) in [5.41, 5.74) is 2.15. The molecule has 2 aromatic rings. The highest BCUT2D eigenvalue weighted by molar-refractivity contribution is 7.14. The Hall–Kier alpha value is -1.32. The summed E-state index contributed by atoms with van der Waals surface area (Å²) < 4.78 is 0. The van der Waals surface area contributed by atoms with Crippen molar-refractivity contribution < 1.29 is 4.79 Å². The average molecular weight is 320 g/mol. The van der Waals surface area contributed by atoms with E-state index in [0.29, 0.717) is 5.02 Å². The van der Waals surface area contributed by atoms with Crippen LogP contribution in [0.2, 0.25) is 5.02 Å². The van der Waals surface area contributed by atoms with Crippen molar-refractivity contribution >= 4 is 34.5 Å². The molecule has 110 valence electrons. The molecule has 1 heterocycles. The van der Waals surface area contributed by atoms with Crippen LogP contribution in [0.3, 0.4) is 0 Å². The van der Waals surface area contributed by atoms with Gasteiger partial charge in [0.15, 0.2) is 0 Å². The van der Waals surface area contributed by atoms with E-state index in [-0.39, 0.29) is 5.91 Å². The van der Waals surface area contributed by atoms with Gasteiger partial charge in [0.1, 0.15) is 0 Å². The van der Waals surface area contributed by atoms with Crippen LogP contribution < -0.4 is 5.32 Å². The average Bonchev–Trinajstić information content (AvgIpc) is 2.92. The van der Waals surface area contributed by atoms with Gasteiger partial charge in [-0.2, -0.15) is 0 Å². The zero-order chi connectivity index (χ0) is 14.8. The van der Waals surface area contributed by atoms with Crippen molar-refractivity contribution in [2.45, 2.75) is 32.6 Å². The van der Waals surface area contributed by atoms with Gasteiger partial charge in [0.2, 0.25) is 0 Å². The van der Waals surface area contributed by atoms with E-state index in [1.807, 2.05) is 12.1 Å². The molecule has 1 N–H and O–H groups in total. The Kier molecular flexibility index (Phi) is 4.32. The van der Waals surface area contributed by atoms with Crippen molar-refractivity contribution in [2.24, 2.45) is 5.92 Å². The highest BCUT2D eigenvalue weighted by Crippen LogP contribution is 2.33. The van der Waals surface area contributed by atoms with Crippen molar-refractivity contribution in [3.05, 3.63) is 50.7 Å². The Morgan fingerprint density at radius 3 is 2.86 bits per heavy atom. The molecule has 0 saturated heterocycles. The number of thiophene rings is 1. The van der Waals surface area contributed by atoms with Gasteiger partial charge in [-0.15, -0.1) is 11.3 Å². The molecule has 1 atom stereocenters. The number of anilines is 1. The van der Waals surface area contributed by atoms with Crippen LogP contribution in [-0.4, -0.2) is 5.91 Å². The van der Waals surface area contributed by atoms with E-state index < -0.39 is 0 Å². The maximum absolute atomic E-state index is 12.3. The summed E-state index contributed by atoms with van der Waals surface area (Å²) in [4.78, 5) is 14.5. The molecule has 2 nitrogen and oxygen atoms in total. The number of hydrogen-bond acceptors (Lipinski definition) is 2. The fraction of sp³-hybridized carbons (Fsp3) is 0.353. The van der Waals surface area contributed by atoms with Crippen LogP contribution in [0, 0.1) is 5.92 Å². The van der Waals surface area contributed by atoms with Gasteiger partial charge in [0, 0.05) is 15.6 Å². The largest absolute Gasteiger partial charge is 0.321 e. The normalized spacial score (nSPS) is 17.3. The van der Waals surface area contributed by atoms with E-state index in [2.05, 4.69) is 18.3 Å². The van der Waals surface area contributed by atoms with Crippen LogP contribution in [0.1, 0.15) is 39.9 Å². The molecule has 1 aliphatic rings. The first-order valence-corrected chi connectivity index (χ1v) is 8.53. The predicted octanol–water partition coefficient (Wildman–Crippen LogP) is 5.17. The lowest BCUT2D eigenvalue weighted by Crippen LogP contribution is -2.11. The second-order valence-corrected chi connectivity index (χ2v) is 7.11. The first kappa shape index (κ1) is 14.6. The van der Waals surface area contributed by atoms with Gasteiger partial charge in [-0.25, -0.2) is 0 Å². The van der Waals surface area contributed by atoms with Crippen LogP contribution in [0.25, 0.3) is 0 Å². The first-order valence-electron chi connectivity index (χ1n) is 7.34. The summed E-state index contributed by atoms with van der Waals surface area (Å²) in [5, 5.41) is 3.60. The standard InChI is InChI=1S/C17H18ClNOS/c1-2-11-3-8-15-12(9-11)10-16(21-15)17(20)19-14-6-4-13(18)5-7-14/h4-7,10-11H,2-3,8-9H2,1H3,(H,19,20)/t11-/m0/s1. The molecule has 0 radical (unpaired) electrons. The van der Waals surface area contributed by atoms with Crippen LogP contribution in [0.5, 0.6) is 0 Å². The summed E-state index contributed by atoms with van der Waals surface area (Å²) in [5.74, 6) is 0.754. The van der Waals surface area contributed by atoms with Gasteiger partial charge in [-0.05, 0) is 61.1 Å². The van der Waals surface area contributed by atoms with Crippen molar-refractivity contribution in [1.29, 1.82) is 0 Å². The lowest BCUT2D eigenvalue weighted by Gasteiger charge is -2.19. The molecule has 0 saturated carbocycles. The summed E-state index contributed by atoms with van der Waals surface area (Å²) in [7, 11) is 0. The molecule has 0 unspecified atom stereocenters. The number of hydrogen-bond donors (Lipinski definition) is 1. The van der Waals surface area contributed by atoms with E-state index >= 15 is 0 Å². The van der Waals surface area contributed by atoms with Crippen molar-refractivity contribution in [3.8, 4) is 0 Å². The number of benzene rings is 1. The molecule has 0 fully saturated rings. The van der Waals surface area contributed by atoms with E-state index in [4.69, 9.17) is 11.6 Å². The lowest BCUT2D eigenvalue weighted by molar-refractivity contribution is 0.103. The zero-order valence-corrected chi connectivity index (χ0v) is 13.6. The monoisotopic (exact) mass is 319 g/mol. The fourth-order valence-electron chi connectivity index (χ4n) is 2.79. The number of fused-ring (bicyclic) bond motifs is 1. The van der Waals surface area contributed by atoms with Crippen molar-refractivity contribution in [2.75, 3.05) is 5.32 Å². The molecule has 0 aliphatic heterocycles. The van der Waals surface area contributed by atoms with Crippen molar-refractivity contribution in [1.82, 2.24) is 0 Å². The number of carbonyl (C=O) groups excluding carboxylic acids is 1. The third-order valence-electron chi connectivity index (χ3n) is 4.09. The summed E-state index contributed by atoms with van der Waals surface area (Å²) in [6.45, 7) is 2.25. The smallest absolute Gasteiger partial charge is 0.265 e. The minimum absolute atomic E-state index is 0.0234. The van der Waals surface area contributed by atoms with E-state index in [1.54, 1.807) is 23.5 Å². The Bertz CT molecular complexity index is 647. The minimum Gasteiger partial charge on any atom is -0.321 e. The Balaban J connectivity index is 1.74. The van der Waals surface area contributed by atoms with Crippen LogP contribution >= 0.6 is 22.9 Å². The summed E-state index contributed by atoms with van der Waals surface area (Å²) in [6, 6.07) is 9.28. The molecule has 1 aromatic heterocycles. The SMILES string of the molecule is CC[C@H]1CCc2sc(C(=O)Nc3ccc(Cl)cc3)cc2C1. The van der Waals surface area contributed by atoms with E-state index in [9.17, 15) is 4.79 Å². The third kappa shape index (κ3) is 3.30. The highest BCUT2D eigenvalue weighted by Gasteiger charge is 2.22. The molecular weight excluding hydrogens is 302 g/mol. The maximum Gasteiger partial charge on any atom is 0.265 e. The van der Waals surface area contributed by atoms with Crippen LogP contribution in [-0.2, 0) is 12.8 Å². The molecular formula is C17H18ClNOS. The molecule has 1 aromatic carbocycles. The zero-order valence-electron chi connectivity index (χ0n) is 12.0. The van der Waals surface area contributed by atoms with Crippen molar-refractivity contribution in [3.63, 3.8) is 0 Å². The Morgan fingerprint density at radius 1 is 1.38 bits per heavy atom. The first-order chi connectivity index (χ1) is 10.2. The number of carbonyl (C=O) groups is 1. The maximum atomic E-state index is 12.3. The molecule has 4 heteroatoms. The quantitative estimate of drug-likeness (QED) is 0.831. The number of aryl methyl sites for hydroxylation is 1. The molecule has 0 spiro atoms. The molecule has 1 aliphatic carbocycles. The highest BCUT2D eigenvalue weighted by atomic mass is 35.5. The van der Waals surface area contributed by atoms with Gasteiger partial charge in [-0.1, -0.05) is 24.9 Å². The van der Waals surface area contributed by atoms with Gasteiger partial charge >= 0.3 is 0 Å². The number of amides is 1. The van der Waals surface area contributed by atoms with Crippen LogP contribution in [0.4, 0.5) is 5.69 Å².